The van der Waals surface area contributed by atoms with E-state index in [-0.39, 0.29) is 17.4 Å². The lowest BCUT2D eigenvalue weighted by molar-refractivity contribution is 0.0935. The molecule has 0 spiro atoms. The van der Waals surface area contributed by atoms with Gasteiger partial charge in [0.25, 0.3) is 11.5 Å². The molecule has 0 radical (unpaired) electrons. The molecule has 0 saturated carbocycles. The molecule has 3 aromatic rings. The number of amides is 1. The number of aromatic nitrogens is 4. The standard InChI is InChI=1S/C19H22N6O3/c1-3-7-25-10-14(9-21-25)13-6-4-5-12(8-13)11(2)22-18(27)16-15(20)17(26)24-19(28)23-16/h4-6,8-11H,3,7,20H2,1-2H3,(H,22,27)(H2,23,24,26,28)/t11-/m1/s1. The molecule has 0 saturated heterocycles. The Morgan fingerprint density at radius 3 is 2.82 bits per heavy atom. The van der Waals surface area contributed by atoms with Gasteiger partial charge in [0.1, 0.15) is 11.4 Å². The second kappa shape index (κ2) is 7.95. The van der Waals surface area contributed by atoms with Gasteiger partial charge in [-0.15, -0.1) is 0 Å². The molecule has 3 rings (SSSR count). The van der Waals surface area contributed by atoms with E-state index >= 15 is 0 Å². The summed E-state index contributed by atoms with van der Waals surface area (Å²) in [7, 11) is 0. The van der Waals surface area contributed by atoms with Crippen LogP contribution in [0.3, 0.4) is 0 Å². The molecule has 1 amide bonds. The van der Waals surface area contributed by atoms with Gasteiger partial charge in [-0.25, -0.2) is 4.79 Å². The number of rotatable bonds is 6. The second-order valence-corrected chi connectivity index (χ2v) is 6.51. The van der Waals surface area contributed by atoms with Crippen molar-refractivity contribution in [3.63, 3.8) is 0 Å². The zero-order valence-corrected chi connectivity index (χ0v) is 15.7. The van der Waals surface area contributed by atoms with Crippen LogP contribution in [-0.2, 0) is 6.54 Å². The van der Waals surface area contributed by atoms with Gasteiger partial charge in [0.2, 0.25) is 0 Å². The van der Waals surface area contributed by atoms with E-state index in [1.54, 1.807) is 13.1 Å². The van der Waals surface area contributed by atoms with Gasteiger partial charge in [0, 0.05) is 18.3 Å². The molecule has 9 nitrogen and oxygen atoms in total. The summed E-state index contributed by atoms with van der Waals surface area (Å²) in [6.45, 7) is 4.74. The minimum atomic E-state index is -0.798. The van der Waals surface area contributed by atoms with Gasteiger partial charge in [-0.2, -0.15) is 5.10 Å². The maximum Gasteiger partial charge on any atom is 0.326 e. The third-order valence-corrected chi connectivity index (χ3v) is 4.36. The van der Waals surface area contributed by atoms with Crippen molar-refractivity contribution in [2.45, 2.75) is 32.9 Å². The lowest BCUT2D eigenvalue weighted by atomic mass is 10.0. The summed E-state index contributed by atoms with van der Waals surface area (Å²) in [6.07, 6.45) is 4.78. The van der Waals surface area contributed by atoms with Gasteiger partial charge in [-0.1, -0.05) is 25.1 Å². The molecule has 5 N–H and O–H groups in total. The summed E-state index contributed by atoms with van der Waals surface area (Å²) in [4.78, 5) is 39.7. The molecule has 0 unspecified atom stereocenters. The van der Waals surface area contributed by atoms with Crippen LogP contribution < -0.4 is 22.3 Å². The van der Waals surface area contributed by atoms with Crippen molar-refractivity contribution in [1.82, 2.24) is 25.1 Å². The summed E-state index contributed by atoms with van der Waals surface area (Å²) in [5.74, 6) is -0.630. The third-order valence-electron chi connectivity index (χ3n) is 4.36. The van der Waals surface area contributed by atoms with Crippen molar-refractivity contribution < 1.29 is 4.79 Å². The second-order valence-electron chi connectivity index (χ2n) is 6.51. The third kappa shape index (κ3) is 4.03. The van der Waals surface area contributed by atoms with Crippen molar-refractivity contribution in [3.8, 4) is 11.1 Å². The molecule has 0 aliphatic heterocycles. The molecular weight excluding hydrogens is 360 g/mol. The number of nitrogens with two attached hydrogens (primary N) is 1. The number of carbonyl (C=O) groups is 1. The first-order valence-electron chi connectivity index (χ1n) is 8.94. The number of carbonyl (C=O) groups excluding carboxylic acids is 1. The lowest BCUT2D eigenvalue weighted by Gasteiger charge is -2.15. The van der Waals surface area contributed by atoms with E-state index in [9.17, 15) is 14.4 Å². The highest BCUT2D eigenvalue weighted by Gasteiger charge is 2.17. The van der Waals surface area contributed by atoms with Crippen LogP contribution in [0.15, 0.2) is 46.2 Å². The van der Waals surface area contributed by atoms with Crippen LogP contribution in [0.2, 0.25) is 0 Å². The first kappa shape index (κ1) is 19.2. The average Bonchev–Trinajstić information content (AvgIpc) is 3.13. The van der Waals surface area contributed by atoms with Gasteiger partial charge < -0.3 is 16.0 Å². The number of nitrogen functional groups attached to an aromatic ring is 1. The van der Waals surface area contributed by atoms with Gasteiger partial charge in [0.15, 0.2) is 0 Å². The van der Waals surface area contributed by atoms with Crippen LogP contribution in [0.4, 0.5) is 5.69 Å². The molecule has 0 aliphatic carbocycles. The van der Waals surface area contributed by atoms with Crippen LogP contribution >= 0.6 is 0 Å². The Hall–Kier alpha value is -3.62. The summed E-state index contributed by atoms with van der Waals surface area (Å²) in [6, 6.07) is 7.34. The number of hydrogen-bond acceptors (Lipinski definition) is 5. The number of benzene rings is 1. The van der Waals surface area contributed by atoms with E-state index in [0.29, 0.717) is 0 Å². The number of nitrogens with zero attached hydrogens (tertiary/aromatic N) is 2. The zero-order valence-electron chi connectivity index (χ0n) is 15.7. The Bertz CT molecular complexity index is 1110. The van der Waals surface area contributed by atoms with Crippen LogP contribution in [0.5, 0.6) is 0 Å². The van der Waals surface area contributed by atoms with E-state index in [0.717, 1.165) is 29.7 Å². The Morgan fingerprint density at radius 2 is 2.07 bits per heavy atom. The summed E-state index contributed by atoms with van der Waals surface area (Å²) in [5.41, 5.74) is 6.26. The topological polar surface area (TPSA) is 139 Å². The largest absolute Gasteiger partial charge is 0.392 e. The Labute approximate surface area is 160 Å². The minimum absolute atomic E-state index is 0.252. The summed E-state index contributed by atoms with van der Waals surface area (Å²) < 4.78 is 1.89. The fraction of sp³-hybridized carbons (Fsp3) is 0.263. The number of aryl methyl sites for hydroxylation is 1. The Morgan fingerprint density at radius 1 is 1.29 bits per heavy atom. The summed E-state index contributed by atoms with van der Waals surface area (Å²) >= 11 is 0. The van der Waals surface area contributed by atoms with E-state index < -0.39 is 17.2 Å². The summed E-state index contributed by atoms with van der Waals surface area (Å²) in [5, 5.41) is 7.09. The maximum atomic E-state index is 12.5. The van der Waals surface area contributed by atoms with Crippen molar-refractivity contribution in [2.75, 3.05) is 5.73 Å². The minimum Gasteiger partial charge on any atom is -0.392 e. The first-order valence-corrected chi connectivity index (χ1v) is 8.94. The van der Waals surface area contributed by atoms with E-state index in [2.05, 4.69) is 22.3 Å². The van der Waals surface area contributed by atoms with Gasteiger partial charge in [0.05, 0.1) is 12.2 Å². The van der Waals surface area contributed by atoms with Crippen LogP contribution in [0.1, 0.15) is 42.4 Å². The van der Waals surface area contributed by atoms with Crippen LogP contribution in [0.25, 0.3) is 11.1 Å². The van der Waals surface area contributed by atoms with Crippen LogP contribution in [0, 0.1) is 0 Å². The molecule has 0 aliphatic rings. The highest BCUT2D eigenvalue weighted by atomic mass is 16.2. The quantitative estimate of drug-likeness (QED) is 0.510. The van der Waals surface area contributed by atoms with E-state index in [1.807, 2.05) is 40.1 Å². The van der Waals surface area contributed by atoms with Crippen molar-refractivity contribution >= 4 is 11.6 Å². The first-order chi connectivity index (χ1) is 13.4. The SMILES string of the molecule is CCCn1cc(-c2cccc([C@@H](C)NC(=O)c3[nH]c(=O)[nH]c(=O)c3N)c2)cn1. The smallest absolute Gasteiger partial charge is 0.326 e. The molecule has 1 atom stereocenters. The normalized spacial score (nSPS) is 11.9. The van der Waals surface area contributed by atoms with E-state index in [4.69, 9.17) is 5.73 Å². The monoisotopic (exact) mass is 382 g/mol. The Kier molecular flexibility index (Phi) is 5.44. The van der Waals surface area contributed by atoms with Crippen molar-refractivity contribution in [3.05, 3.63) is 68.8 Å². The molecule has 146 valence electrons. The molecule has 2 heterocycles. The fourth-order valence-corrected chi connectivity index (χ4v) is 2.88. The highest BCUT2D eigenvalue weighted by molar-refractivity contribution is 5.97. The molecule has 0 bridgehead atoms. The van der Waals surface area contributed by atoms with Crippen molar-refractivity contribution in [2.24, 2.45) is 0 Å². The maximum absolute atomic E-state index is 12.5. The molecule has 28 heavy (non-hydrogen) atoms. The predicted molar refractivity (Wildman–Crippen MR) is 106 cm³/mol. The average molecular weight is 382 g/mol. The Balaban J connectivity index is 1.81. The number of aromatic amines is 2. The number of hydrogen-bond donors (Lipinski definition) is 4. The number of nitrogens with one attached hydrogen (secondary N) is 3. The number of H-pyrrole nitrogens is 2. The van der Waals surface area contributed by atoms with Gasteiger partial charge in [-0.3, -0.25) is 19.3 Å². The molecule has 2 aromatic heterocycles. The van der Waals surface area contributed by atoms with Gasteiger partial charge >= 0.3 is 5.69 Å². The van der Waals surface area contributed by atoms with Gasteiger partial charge in [-0.05, 0) is 30.5 Å². The van der Waals surface area contributed by atoms with Crippen molar-refractivity contribution in [1.29, 1.82) is 0 Å². The number of anilines is 1. The molecule has 0 fully saturated rings. The van der Waals surface area contributed by atoms with Crippen LogP contribution in [-0.4, -0.2) is 25.7 Å². The molecule has 9 heteroatoms. The zero-order chi connectivity index (χ0) is 20.3. The molecular formula is C19H22N6O3. The fourth-order valence-electron chi connectivity index (χ4n) is 2.88. The highest BCUT2D eigenvalue weighted by Crippen LogP contribution is 2.23. The molecule has 1 aromatic carbocycles. The lowest BCUT2D eigenvalue weighted by Crippen LogP contribution is -2.34. The van der Waals surface area contributed by atoms with E-state index in [1.165, 1.54) is 0 Å². The predicted octanol–water partition coefficient (Wildman–Crippen LogP) is 1.41.